The zero-order chi connectivity index (χ0) is 21.6. The van der Waals surface area contributed by atoms with Crippen LogP contribution in [-0.4, -0.2) is 25.9 Å². The van der Waals surface area contributed by atoms with Gasteiger partial charge in [0.05, 0.1) is 4.90 Å². The van der Waals surface area contributed by atoms with Gasteiger partial charge in [-0.3, -0.25) is 14.5 Å². The lowest BCUT2D eigenvalue weighted by atomic mass is 10.1. The van der Waals surface area contributed by atoms with E-state index in [2.05, 4.69) is 15.0 Å². The molecule has 0 aliphatic rings. The highest BCUT2D eigenvalue weighted by atomic mass is 32.2. The van der Waals surface area contributed by atoms with E-state index >= 15 is 0 Å². The molecular formula is C22H23N3O4S. The number of nitrogens with one attached hydrogen (secondary N) is 2. The maximum absolute atomic E-state index is 12.6. The molecule has 0 aliphatic heterocycles. The molecule has 0 bridgehead atoms. The predicted molar refractivity (Wildman–Crippen MR) is 115 cm³/mol. The van der Waals surface area contributed by atoms with Gasteiger partial charge in [0.25, 0.3) is 15.9 Å². The largest absolute Gasteiger partial charge is 0.484 e. The maximum atomic E-state index is 12.6. The molecule has 1 aromatic heterocycles. The molecular weight excluding hydrogens is 402 g/mol. The fraction of sp³-hybridized carbons (Fsp3) is 0.182. The highest BCUT2D eigenvalue weighted by Crippen LogP contribution is 2.21. The average molecular weight is 426 g/mol. The van der Waals surface area contributed by atoms with Crippen LogP contribution in [0.3, 0.4) is 0 Å². The van der Waals surface area contributed by atoms with Crippen LogP contribution in [0, 0.1) is 13.8 Å². The number of ether oxygens (including phenoxy) is 1. The van der Waals surface area contributed by atoms with Crippen LogP contribution in [0.4, 0.5) is 5.69 Å². The molecule has 3 aromatic rings. The van der Waals surface area contributed by atoms with E-state index in [0.717, 1.165) is 16.7 Å². The highest BCUT2D eigenvalue weighted by molar-refractivity contribution is 7.92. The van der Waals surface area contributed by atoms with E-state index in [0.29, 0.717) is 18.0 Å². The van der Waals surface area contributed by atoms with E-state index in [1.54, 1.807) is 30.6 Å². The molecule has 2 aromatic carbocycles. The quantitative estimate of drug-likeness (QED) is 0.578. The van der Waals surface area contributed by atoms with E-state index in [1.165, 1.54) is 24.3 Å². The first-order valence-electron chi connectivity index (χ1n) is 9.32. The van der Waals surface area contributed by atoms with Crippen LogP contribution in [0.1, 0.15) is 16.7 Å². The Morgan fingerprint density at radius 3 is 2.47 bits per heavy atom. The summed E-state index contributed by atoms with van der Waals surface area (Å²) in [5.41, 5.74) is 3.48. The Balaban J connectivity index is 1.54. The van der Waals surface area contributed by atoms with Crippen LogP contribution in [0.5, 0.6) is 5.75 Å². The lowest BCUT2D eigenvalue weighted by molar-refractivity contribution is -0.123. The van der Waals surface area contributed by atoms with Crippen LogP contribution >= 0.6 is 0 Å². The van der Waals surface area contributed by atoms with Crippen LogP contribution in [0.2, 0.25) is 0 Å². The Morgan fingerprint density at radius 1 is 1.03 bits per heavy atom. The normalized spacial score (nSPS) is 11.0. The second kappa shape index (κ2) is 9.41. The second-order valence-corrected chi connectivity index (χ2v) is 8.49. The molecule has 156 valence electrons. The fourth-order valence-corrected chi connectivity index (χ4v) is 3.69. The average Bonchev–Trinajstić information content (AvgIpc) is 2.74. The molecule has 30 heavy (non-hydrogen) atoms. The number of hydrogen-bond acceptors (Lipinski definition) is 5. The summed E-state index contributed by atoms with van der Waals surface area (Å²) < 4.78 is 33.1. The molecule has 0 saturated carbocycles. The number of aromatic nitrogens is 1. The molecule has 0 aliphatic carbocycles. The fourth-order valence-electron chi connectivity index (χ4n) is 2.64. The van der Waals surface area contributed by atoms with Crippen LogP contribution in [-0.2, 0) is 21.4 Å². The number of benzene rings is 2. The van der Waals surface area contributed by atoms with Gasteiger partial charge in [-0.15, -0.1) is 0 Å². The number of carbonyl (C=O) groups excluding carboxylic acids is 1. The van der Waals surface area contributed by atoms with Crippen molar-refractivity contribution in [1.82, 2.24) is 10.3 Å². The molecule has 0 unspecified atom stereocenters. The SMILES string of the molecule is Cc1ccc(NS(=O)(=O)c2ccc(OCC(=O)NCc3cccnc3)cc2)cc1C. The molecule has 0 atom stereocenters. The van der Waals surface area contributed by atoms with Crippen molar-refractivity contribution in [3.05, 3.63) is 83.7 Å². The third-order valence-electron chi connectivity index (χ3n) is 4.48. The number of amides is 1. The van der Waals surface area contributed by atoms with Gasteiger partial charge in [0.2, 0.25) is 0 Å². The third kappa shape index (κ3) is 5.81. The van der Waals surface area contributed by atoms with Gasteiger partial charge in [-0.05, 0) is 73.0 Å². The zero-order valence-electron chi connectivity index (χ0n) is 16.8. The van der Waals surface area contributed by atoms with Gasteiger partial charge in [0.15, 0.2) is 6.61 Å². The summed E-state index contributed by atoms with van der Waals surface area (Å²) in [5.74, 6) is 0.114. The number of anilines is 1. The Hall–Kier alpha value is -3.39. The molecule has 8 heteroatoms. The van der Waals surface area contributed by atoms with Gasteiger partial charge in [-0.25, -0.2) is 8.42 Å². The molecule has 7 nitrogen and oxygen atoms in total. The molecule has 3 rings (SSSR count). The Labute approximate surface area is 176 Å². The summed E-state index contributed by atoms with van der Waals surface area (Å²) in [7, 11) is -3.72. The summed E-state index contributed by atoms with van der Waals surface area (Å²) in [6.07, 6.45) is 3.34. The van der Waals surface area contributed by atoms with Gasteiger partial charge in [0, 0.05) is 24.6 Å². The van der Waals surface area contributed by atoms with E-state index in [-0.39, 0.29) is 17.4 Å². The van der Waals surface area contributed by atoms with E-state index < -0.39 is 10.0 Å². The van der Waals surface area contributed by atoms with Gasteiger partial charge < -0.3 is 10.1 Å². The number of aryl methyl sites for hydroxylation is 2. The summed E-state index contributed by atoms with van der Waals surface area (Å²) in [4.78, 5) is 16.0. The summed E-state index contributed by atoms with van der Waals surface area (Å²) in [6, 6.07) is 14.9. The molecule has 2 N–H and O–H groups in total. The minimum absolute atomic E-state index is 0.106. The topological polar surface area (TPSA) is 97.4 Å². The Kier molecular flexibility index (Phi) is 6.68. The predicted octanol–water partition coefficient (Wildman–Crippen LogP) is 3.19. The Morgan fingerprint density at radius 2 is 1.80 bits per heavy atom. The van der Waals surface area contributed by atoms with E-state index in [4.69, 9.17) is 4.74 Å². The number of sulfonamides is 1. The van der Waals surface area contributed by atoms with Gasteiger partial charge in [-0.2, -0.15) is 0 Å². The molecule has 1 amide bonds. The summed E-state index contributed by atoms with van der Waals surface area (Å²) in [6.45, 7) is 4.07. The van der Waals surface area contributed by atoms with E-state index in [1.807, 2.05) is 26.0 Å². The lowest BCUT2D eigenvalue weighted by Gasteiger charge is -2.11. The molecule has 0 spiro atoms. The van der Waals surface area contributed by atoms with Gasteiger partial charge >= 0.3 is 0 Å². The van der Waals surface area contributed by atoms with Crippen molar-refractivity contribution in [2.24, 2.45) is 0 Å². The van der Waals surface area contributed by atoms with Crippen molar-refractivity contribution in [3.8, 4) is 5.75 Å². The first-order valence-corrected chi connectivity index (χ1v) is 10.8. The molecule has 0 saturated heterocycles. The minimum Gasteiger partial charge on any atom is -0.484 e. The van der Waals surface area contributed by atoms with Crippen molar-refractivity contribution in [2.45, 2.75) is 25.3 Å². The van der Waals surface area contributed by atoms with Crippen molar-refractivity contribution in [2.75, 3.05) is 11.3 Å². The number of nitrogens with zero attached hydrogens (tertiary/aromatic N) is 1. The van der Waals surface area contributed by atoms with Crippen molar-refractivity contribution >= 4 is 21.6 Å². The lowest BCUT2D eigenvalue weighted by Crippen LogP contribution is -2.28. The molecule has 0 fully saturated rings. The van der Waals surface area contributed by atoms with Gasteiger partial charge in [0.1, 0.15) is 5.75 Å². The second-order valence-electron chi connectivity index (χ2n) is 6.80. The smallest absolute Gasteiger partial charge is 0.261 e. The minimum atomic E-state index is -3.72. The first kappa shape index (κ1) is 21.3. The summed E-state index contributed by atoms with van der Waals surface area (Å²) in [5, 5.41) is 2.73. The number of pyridine rings is 1. The third-order valence-corrected chi connectivity index (χ3v) is 5.87. The number of rotatable bonds is 8. The van der Waals surface area contributed by atoms with Crippen molar-refractivity contribution < 1.29 is 17.9 Å². The highest BCUT2D eigenvalue weighted by Gasteiger charge is 2.15. The van der Waals surface area contributed by atoms with Crippen LogP contribution < -0.4 is 14.8 Å². The standard InChI is InChI=1S/C22H23N3O4S/c1-16-5-6-19(12-17(16)2)25-30(27,28)21-9-7-20(8-10-21)29-15-22(26)24-14-18-4-3-11-23-13-18/h3-13,25H,14-15H2,1-2H3,(H,24,26). The van der Waals surface area contributed by atoms with Crippen molar-refractivity contribution in [3.63, 3.8) is 0 Å². The Bertz CT molecular complexity index is 1110. The van der Waals surface area contributed by atoms with Crippen LogP contribution in [0.15, 0.2) is 71.9 Å². The monoisotopic (exact) mass is 425 g/mol. The van der Waals surface area contributed by atoms with E-state index in [9.17, 15) is 13.2 Å². The van der Waals surface area contributed by atoms with Crippen LogP contribution in [0.25, 0.3) is 0 Å². The van der Waals surface area contributed by atoms with Gasteiger partial charge in [-0.1, -0.05) is 12.1 Å². The van der Waals surface area contributed by atoms with Crippen molar-refractivity contribution in [1.29, 1.82) is 0 Å². The molecule has 0 radical (unpaired) electrons. The maximum Gasteiger partial charge on any atom is 0.261 e. The molecule has 1 heterocycles. The first-order chi connectivity index (χ1) is 14.3. The number of hydrogen-bond donors (Lipinski definition) is 2. The summed E-state index contributed by atoms with van der Waals surface area (Å²) >= 11 is 0. The zero-order valence-corrected chi connectivity index (χ0v) is 17.6. The number of carbonyl (C=O) groups is 1.